The number of para-hydroxylation sites is 1. The average Bonchev–Trinajstić information content (AvgIpc) is 3.45. The third-order valence-corrected chi connectivity index (χ3v) is 4.87. The fourth-order valence-corrected chi connectivity index (χ4v) is 3.23. The minimum atomic E-state index is -4.90. The molecule has 2 aromatic carbocycles. The Labute approximate surface area is 156 Å². The third-order valence-electron chi connectivity index (χ3n) is 4.03. The van der Waals surface area contributed by atoms with Crippen LogP contribution in [0.3, 0.4) is 0 Å². The monoisotopic (exact) mass is 390 g/mol. The third kappa shape index (κ3) is 4.26. The van der Waals surface area contributed by atoms with Gasteiger partial charge in [0.15, 0.2) is 0 Å². The van der Waals surface area contributed by atoms with Crippen molar-refractivity contribution in [3.8, 4) is 5.75 Å². The van der Waals surface area contributed by atoms with Crippen LogP contribution in [0.2, 0.25) is 0 Å². The number of carbonyl (C=O) groups is 2. The SMILES string of the molecule is COc1ccccc1C(=O)N(c1ccc(C(=O)NC2CC2)cc1)S(=O)(=O)O. The van der Waals surface area contributed by atoms with E-state index in [-0.39, 0.29) is 33.3 Å². The minimum absolute atomic E-state index is 0.0341. The molecule has 0 saturated heterocycles. The molecule has 1 fully saturated rings. The summed E-state index contributed by atoms with van der Waals surface area (Å²) < 4.78 is 38.6. The lowest BCUT2D eigenvalue weighted by atomic mass is 10.1. The number of carbonyl (C=O) groups excluding carboxylic acids is 2. The first kappa shape index (κ1) is 18.9. The largest absolute Gasteiger partial charge is 0.496 e. The first-order valence-electron chi connectivity index (χ1n) is 8.17. The number of ether oxygens (including phenoxy) is 1. The van der Waals surface area contributed by atoms with Gasteiger partial charge in [-0.1, -0.05) is 12.1 Å². The van der Waals surface area contributed by atoms with E-state index in [1.807, 2.05) is 0 Å². The Morgan fingerprint density at radius 3 is 2.30 bits per heavy atom. The van der Waals surface area contributed by atoms with E-state index < -0.39 is 16.2 Å². The highest BCUT2D eigenvalue weighted by atomic mass is 32.2. The van der Waals surface area contributed by atoms with E-state index in [2.05, 4.69) is 5.32 Å². The van der Waals surface area contributed by atoms with Gasteiger partial charge in [-0.25, -0.2) is 0 Å². The van der Waals surface area contributed by atoms with Crippen molar-refractivity contribution in [2.45, 2.75) is 18.9 Å². The molecule has 0 bridgehead atoms. The molecular weight excluding hydrogens is 372 g/mol. The summed E-state index contributed by atoms with van der Waals surface area (Å²) in [6, 6.07) is 11.6. The molecule has 0 spiro atoms. The van der Waals surface area contributed by atoms with Gasteiger partial charge in [0.1, 0.15) is 5.75 Å². The summed E-state index contributed by atoms with van der Waals surface area (Å²) >= 11 is 0. The zero-order chi connectivity index (χ0) is 19.6. The van der Waals surface area contributed by atoms with Crippen LogP contribution in [-0.4, -0.2) is 37.9 Å². The Morgan fingerprint density at radius 1 is 1.11 bits per heavy atom. The number of nitrogens with one attached hydrogen (secondary N) is 1. The number of benzene rings is 2. The zero-order valence-electron chi connectivity index (χ0n) is 14.5. The number of anilines is 1. The first-order chi connectivity index (χ1) is 12.8. The van der Waals surface area contributed by atoms with E-state index in [1.165, 1.54) is 43.5 Å². The molecule has 0 heterocycles. The van der Waals surface area contributed by atoms with Gasteiger partial charge in [0.2, 0.25) is 0 Å². The maximum absolute atomic E-state index is 12.8. The molecule has 1 aliphatic carbocycles. The standard InChI is InChI=1S/C18H18N2O6S/c1-26-16-5-3-2-4-15(16)18(22)20(27(23,24)25)14-10-6-12(7-11-14)17(21)19-13-8-9-13/h2-7,10-11,13H,8-9H2,1H3,(H,19,21)(H,23,24,25). The van der Waals surface area contributed by atoms with E-state index in [4.69, 9.17) is 4.74 Å². The van der Waals surface area contributed by atoms with Gasteiger partial charge in [0.05, 0.1) is 18.4 Å². The van der Waals surface area contributed by atoms with Gasteiger partial charge in [-0.2, -0.15) is 12.7 Å². The number of amides is 2. The molecular formula is C18H18N2O6S. The molecule has 9 heteroatoms. The lowest BCUT2D eigenvalue weighted by molar-refractivity contribution is 0.0950. The molecule has 1 aliphatic rings. The lowest BCUT2D eigenvalue weighted by Gasteiger charge is -2.20. The molecule has 2 aromatic rings. The maximum atomic E-state index is 12.8. The van der Waals surface area contributed by atoms with E-state index in [9.17, 15) is 22.6 Å². The van der Waals surface area contributed by atoms with Gasteiger partial charge in [-0.05, 0) is 49.2 Å². The smallest absolute Gasteiger partial charge is 0.366 e. The van der Waals surface area contributed by atoms with Gasteiger partial charge < -0.3 is 10.1 Å². The van der Waals surface area contributed by atoms with Gasteiger partial charge in [0.25, 0.3) is 11.8 Å². The Morgan fingerprint density at radius 2 is 1.74 bits per heavy atom. The second-order valence-corrected chi connectivity index (χ2v) is 7.30. The Kier molecular flexibility index (Phi) is 5.15. The van der Waals surface area contributed by atoms with E-state index in [1.54, 1.807) is 12.1 Å². The van der Waals surface area contributed by atoms with Crippen LogP contribution >= 0.6 is 0 Å². The molecule has 8 nitrogen and oxygen atoms in total. The summed E-state index contributed by atoms with van der Waals surface area (Å²) in [5.74, 6) is -1.10. The summed E-state index contributed by atoms with van der Waals surface area (Å²) in [4.78, 5) is 24.8. The van der Waals surface area contributed by atoms with Crippen molar-refractivity contribution in [1.29, 1.82) is 0 Å². The van der Waals surface area contributed by atoms with E-state index in [0.717, 1.165) is 12.8 Å². The second kappa shape index (κ2) is 7.37. The summed E-state index contributed by atoms with van der Waals surface area (Å²) in [7, 11) is -3.56. The predicted octanol–water partition coefficient (Wildman–Crippen LogP) is 2.04. The zero-order valence-corrected chi connectivity index (χ0v) is 15.3. The van der Waals surface area contributed by atoms with Crippen molar-refractivity contribution in [2.75, 3.05) is 11.4 Å². The highest BCUT2D eigenvalue weighted by molar-refractivity contribution is 7.88. The fourth-order valence-electron chi connectivity index (χ4n) is 2.53. The molecule has 0 atom stereocenters. The molecule has 0 unspecified atom stereocenters. The van der Waals surface area contributed by atoms with Crippen molar-refractivity contribution in [1.82, 2.24) is 5.32 Å². The number of nitrogens with zero attached hydrogens (tertiary/aromatic N) is 1. The molecule has 0 aliphatic heterocycles. The fraction of sp³-hybridized carbons (Fsp3) is 0.222. The van der Waals surface area contributed by atoms with Crippen molar-refractivity contribution in [3.05, 3.63) is 59.7 Å². The highest BCUT2D eigenvalue weighted by Crippen LogP contribution is 2.26. The van der Waals surface area contributed by atoms with Crippen molar-refractivity contribution >= 4 is 27.8 Å². The minimum Gasteiger partial charge on any atom is -0.496 e. The molecule has 2 amide bonds. The lowest BCUT2D eigenvalue weighted by Crippen LogP contribution is -2.36. The highest BCUT2D eigenvalue weighted by Gasteiger charge is 2.30. The van der Waals surface area contributed by atoms with Crippen LogP contribution in [0.4, 0.5) is 5.69 Å². The van der Waals surface area contributed by atoms with Crippen LogP contribution in [-0.2, 0) is 10.3 Å². The van der Waals surface area contributed by atoms with E-state index in [0.29, 0.717) is 5.56 Å². The average molecular weight is 390 g/mol. The van der Waals surface area contributed by atoms with Gasteiger partial charge in [-0.15, -0.1) is 0 Å². The molecule has 2 N–H and O–H groups in total. The predicted molar refractivity (Wildman–Crippen MR) is 98.3 cm³/mol. The quantitative estimate of drug-likeness (QED) is 0.730. The number of methoxy groups -OCH3 is 1. The second-order valence-electron chi connectivity index (χ2n) is 6.04. The number of hydrogen-bond acceptors (Lipinski definition) is 5. The molecule has 142 valence electrons. The molecule has 1 saturated carbocycles. The van der Waals surface area contributed by atoms with E-state index >= 15 is 0 Å². The normalized spacial score (nSPS) is 13.7. The Balaban J connectivity index is 1.93. The van der Waals surface area contributed by atoms with Crippen molar-refractivity contribution < 1.29 is 27.3 Å². The maximum Gasteiger partial charge on any atom is 0.366 e. The Hall–Kier alpha value is -2.91. The van der Waals surface area contributed by atoms with Crippen LogP contribution in [0.25, 0.3) is 0 Å². The topological polar surface area (TPSA) is 113 Å². The molecule has 0 aromatic heterocycles. The summed E-state index contributed by atoms with van der Waals surface area (Å²) in [6.45, 7) is 0. The Bertz CT molecular complexity index is 968. The van der Waals surface area contributed by atoms with Gasteiger partial charge in [-0.3, -0.25) is 14.1 Å². The molecule has 0 radical (unpaired) electrons. The van der Waals surface area contributed by atoms with Crippen molar-refractivity contribution in [2.24, 2.45) is 0 Å². The van der Waals surface area contributed by atoms with Gasteiger partial charge >= 0.3 is 10.3 Å². The number of hydrogen-bond donors (Lipinski definition) is 2. The first-order valence-corrected chi connectivity index (χ1v) is 9.57. The van der Waals surface area contributed by atoms with Crippen LogP contribution < -0.4 is 14.4 Å². The molecule has 3 rings (SSSR count). The van der Waals surface area contributed by atoms with Crippen LogP contribution in [0.15, 0.2) is 48.5 Å². The number of rotatable bonds is 6. The van der Waals surface area contributed by atoms with Crippen LogP contribution in [0.5, 0.6) is 5.75 Å². The summed E-state index contributed by atoms with van der Waals surface area (Å²) in [5.41, 5.74) is 0.190. The summed E-state index contributed by atoms with van der Waals surface area (Å²) in [5, 5.41) is 2.81. The molecule has 27 heavy (non-hydrogen) atoms. The summed E-state index contributed by atoms with van der Waals surface area (Å²) in [6.07, 6.45) is 1.88. The van der Waals surface area contributed by atoms with Crippen molar-refractivity contribution in [3.63, 3.8) is 0 Å². The van der Waals surface area contributed by atoms with Crippen LogP contribution in [0.1, 0.15) is 33.6 Å². The van der Waals surface area contributed by atoms with Crippen LogP contribution in [0, 0.1) is 0 Å². The van der Waals surface area contributed by atoms with Gasteiger partial charge in [0, 0.05) is 11.6 Å².